The first-order valence-corrected chi connectivity index (χ1v) is 13.8. The van der Waals surface area contributed by atoms with E-state index in [-0.39, 0.29) is 0 Å². The molecule has 4 aromatic rings. The van der Waals surface area contributed by atoms with Crippen LogP contribution in [0.15, 0.2) is 151 Å². The van der Waals surface area contributed by atoms with E-state index in [1.807, 2.05) is 55.5 Å². The number of benzene rings is 4. The van der Waals surface area contributed by atoms with Crippen LogP contribution < -0.4 is 16.4 Å². The summed E-state index contributed by atoms with van der Waals surface area (Å²) in [6.07, 6.45) is 10.9. The lowest BCUT2D eigenvalue weighted by atomic mass is 9.97. The maximum absolute atomic E-state index is 7.16. The molecule has 0 aromatic heterocycles. The Balaban J connectivity index is 1.97. The molecule has 0 bridgehead atoms. The topological polar surface area (TPSA) is 55.3 Å². The molecule has 4 aromatic carbocycles. The Kier molecular flexibility index (Phi) is 9.93. The second-order valence-corrected chi connectivity index (χ2v) is 9.72. The lowest BCUT2D eigenvalue weighted by Gasteiger charge is -2.34. The number of rotatable bonds is 10. The van der Waals surface area contributed by atoms with Crippen LogP contribution in [-0.4, -0.2) is 0 Å². The van der Waals surface area contributed by atoms with E-state index in [1.165, 1.54) is 16.7 Å². The molecule has 0 saturated carbocycles. The molecule has 0 amide bonds. The second-order valence-electron chi connectivity index (χ2n) is 9.72. The highest BCUT2D eigenvalue weighted by molar-refractivity contribution is 5.83. The molecule has 0 aliphatic heterocycles. The van der Waals surface area contributed by atoms with Crippen molar-refractivity contribution in [3.8, 4) is 11.1 Å². The summed E-state index contributed by atoms with van der Waals surface area (Å²) in [5, 5.41) is 0. The smallest absolute Gasteiger partial charge is 0.108 e. The van der Waals surface area contributed by atoms with Crippen molar-refractivity contribution in [2.75, 3.05) is 4.90 Å². The molecule has 4 N–H and O–H groups in total. The van der Waals surface area contributed by atoms with E-state index < -0.39 is 6.17 Å². The Labute approximate surface area is 239 Å². The first-order chi connectivity index (χ1) is 19.5. The summed E-state index contributed by atoms with van der Waals surface area (Å²) in [5.74, 6) is 0. The molecular weight excluding hydrogens is 486 g/mol. The van der Waals surface area contributed by atoms with Gasteiger partial charge in [-0.2, -0.15) is 0 Å². The van der Waals surface area contributed by atoms with Gasteiger partial charge in [0.2, 0.25) is 0 Å². The SMILES string of the molecule is C/C=C\C(=C/C)C/C=C(\C=C(/N)c1ccccc1)N(c1ccccc1-c1ccccc1C)C(N)c1ccccc1. The molecule has 0 aliphatic rings. The quantitative estimate of drug-likeness (QED) is 0.160. The first kappa shape index (κ1) is 28.4. The largest absolute Gasteiger partial charge is 0.398 e. The molecule has 1 unspecified atom stereocenters. The van der Waals surface area contributed by atoms with Crippen LogP contribution >= 0.6 is 0 Å². The highest BCUT2D eigenvalue weighted by Crippen LogP contribution is 2.39. The number of nitrogens with two attached hydrogens (primary N) is 2. The molecule has 0 aliphatic carbocycles. The molecule has 0 radical (unpaired) electrons. The minimum Gasteiger partial charge on any atom is -0.398 e. The molecule has 202 valence electrons. The third kappa shape index (κ3) is 6.88. The van der Waals surface area contributed by atoms with Gasteiger partial charge in [-0.15, -0.1) is 0 Å². The van der Waals surface area contributed by atoms with Gasteiger partial charge >= 0.3 is 0 Å². The average Bonchev–Trinajstić information content (AvgIpc) is 3.00. The number of hydrogen-bond donors (Lipinski definition) is 2. The Morgan fingerprint density at radius 1 is 0.775 bits per heavy atom. The van der Waals surface area contributed by atoms with Gasteiger partial charge in [-0.1, -0.05) is 127 Å². The van der Waals surface area contributed by atoms with E-state index in [9.17, 15) is 0 Å². The number of hydrogen-bond acceptors (Lipinski definition) is 3. The number of aryl methyl sites for hydroxylation is 1. The fourth-order valence-electron chi connectivity index (χ4n) is 4.85. The van der Waals surface area contributed by atoms with Crippen molar-refractivity contribution < 1.29 is 0 Å². The van der Waals surface area contributed by atoms with Crippen molar-refractivity contribution >= 4 is 11.4 Å². The van der Waals surface area contributed by atoms with Crippen LogP contribution in [0.5, 0.6) is 0 Å². The molecule has 3 heteroatoms. The summed E-state index contributed by atoms with van der Waals surface area (Å²) >= 11 is 0. The molecule has 1 atom stereocenters. The molecule has 0 heterocycles. The summed E-state index contributed by atoms with van der Waals surface area (Å²) in [7, 11) is 0. The lowest BCUT2D eigenvalue weighted by molar-refractivity contribution is 0.713. The van der Waals surface area contributed by atoms with Gasteiger partial charge in [-0.3, -0.25) is 0 Å². The predicted octanol–water partition coefficient (Wildman–Crippen LogP) is 8.92. The van der Waals surface area contributed by atoms with E-state index in [0.29, 0.717) is 5.70 Å². The zero-order valence-electron chi connectivity index (χ0n) is 23.7. The molecule has 3 nitrogen and oxygen atoms in total. The van der Waals surface area contributed by atoms with Crippen LogP contribution in [0, 0.1) is 6.92 Å². The van der Waals surface area contributed by atoms with Crippen LogP contribution in [0.2, 0.25) is 0 Å². The van der Waals surface area contributed by atoms with Gasteiger partial charge in [0.15, 0.2) is 0 Å². The third-order valence-corrected chi connectivity index (χ3v) is 7.01. The van der Waals surface area contributed by atoms with Crippen LogP contribution in [0.3, 0.4) is 0 Å². The minimum atomic E-state index is -0.451. The van der Waals surface area contributed by atoms with Gasteiger partial charge < -0.3 is 16.4 Å². The molecule has 0 fully saturated rings. The van der Waals surface area contributed by atoms with Gasteiger partial charge in [0, 0.05) is 17.0 Å². The summed E-state index contributed by atoms with van der Waals surface area (Å²) in [4.78, 5) is 2.22. The standard InChI is InChI=1S/C37H39N3/c1-4-16-29(5-2)25-26-32(27-35(38)30-18-8-6-9-19-30)40(37(39)31-20-10-7-11-21-31)36-24-15-14-23-34(36)33-22-13-12-17-28(33)3/h4-24,26-27,37H,25,38-39H2,1-3H3/b16-4-,29-5+,32-26+,35-27-. The number of nitrogens with zero attached hydrogens (tertiary/aromatic N) is 1. The molecule has 40 heavy (non-hydrogen) atoms. The van der Waals surface area contributed by atoms with E-state index in [2.05, 4.69) is 110 Å². The van der Waals surface area contributed by atoms with Crippen molar-refractivity contribution in [1.29, 1.82) is 0 Å². The van der Waals surface area contributed by atoms with Gasteiger partial charge in [0.25, 0.3) is 0 Å². The summed E-state index contributed by atoms with van der Waals surface area (Å²) in [6.45, 7) is 6.25. The van der Waals surface area contributed by atoms with Gasteiger partial charge in [-0.25, -0.2) is 0 Å². The van der Waals surface area contributed by atoms with Gasteiger partial charge in [0.1, 0.15) is 6.17 Å². The first-order valence-electron chi connectivity index (χ1n) is 13.8. The van der Waals surface area contributed by atoms with Crippen LogP contribution in [0.1, 0.15) is 43.1 Å². The van der Waals surface area contributed by atoms with Crippen molar-refractivity contribution in [3.05, 3.63) is 168 Å². The monoisotopic (exact) mass is 525 g/mol. The molecule has 4 rings (SSSR count). The molecular formula is C37H39N3. The van der Waals surface area contributed by atoms with Crippen molar-refractivity contribution in [2.24, 2.45) is 11.5 Å². The third-order valence-electron chi connectivity index (χ3n) is 7.01. The van der Waals surface area contributed by atoms with Gasteiger partial charge in [0.05, 0.1) is 5.69 Å². The maximum Gasteiger partial charge on any atom is 0.108 e. The Bertz CT molecular complexity index is 1510. The zero-order valence-corrected chi connectivity index (χ0v) is 23.7. The van der Waals surface area contributed by atoms with Crippen LogP contribution in [0.4, 0.5) is 5.69 Å². The Morgan fingerprint density at radius 3 is 2.02 bits per heavy atom. The highest BCUT2D eigenvalue weighted by Gasteiger charge is 2.23. The fourth-order valence-corrected chi connectivity index (χ4v) is 4.85. The van der Waals surface area contributed by atoms with E-state index >= 15 is 0 Å². The predicted molar refractivity (Wildman–Crippen MR) is 172 cm³/mol. The zero-order chi connectivity index (χ0) is 28.3. The average molecular weight is 526 g/mol. The van der Waals surface area contributed by atoms with Crippen LogP contribution in [-0.2, 0) is 0 Å². The normalized spacial score (nSPS) is 13.4. The lowest BCUT2D eigenvalue weighted by Crippen LogP contribution is -2.34. The number of anilines is 1. The number of allylic oxidation sites excluding steroid dienone is 6. The van der Waals surface area contributed by atoms with E-state index in [1.54, 1.807) is 0 Å². The van der Waals surface area contributed by atoms with Crippen molar-refractivity contribution in [2.45, 2.75) is 33.4 Å². The summed E-state index contributed by atoms with van der Waals surface area (Å²) in [6, 6.07) is 37.2. The molecule has 0 saturated heterocycles. The van der Waals surface area contributed by atoms with E-state index in [4.69, 9.17) is 11.5 Å². The second kappa shape index (κ2) is 14.0. The number of para-hydroxylation sites is 1. The van der Waals surface area contributed by atoms with Crippen molar-refractivity contribution in [3.63, 3.8) is 0 Å². The van der Waals surface area contributed by atoms with Gasteiger partial charge in [-0.05, 0) is 67.2 Å². The summed E-state index contributed by atoms with van der Waals surface area (Å²) < 4.78 is 0. The summed E-state index contributed by atoms with van der Waals surface area (Å²) in [5.41, 5.74) is 23.2. The molecule has 0 spiro atoms. The maximum atomic E-state index is 7.16. The van der Waals surface area contributed by atoms with E-state index in [0.717, 1.165) is 34.5 Å². The minimum absolute atomic E-state index is 0.451. The van der Waals surface area contributed by atoms with Crippen molar-refractivity contribution in [1.82, 2.24) is 0 Å². The fraction of sp³-hybridized carbons (Fsp3) is 0.135. The highest BCUT2D eigenvalue weighted by atomic mass is 15.2. The Morgan fingerprint density at radius 2 is 1.38 bits per heavy atom. The van der Waals surface area contributed by atoms with Crippen LogP contribution in [0.25, 0.3) is 16.8 Å². The Hall–Kier alpha value is -4.60.